The standard InChI is InChI=1S/C20H20N4O2/c1-19(2)20(3)17(26-20)15-11-14(9-10-16(15)25-19)18-21-22-23-24(18)12-13-7-5-4-6-8-13/h4-11,17H,12H2,1-3H3. The van der Waals surface area contributed by atoms with Crippen LogP contribution in [0.4, 0.5) is 0 Å². The Balaban J connectivity index is 1.51. The molecule has 2 aromatic carbocycles. The fraction of sp³-hybridized carbons (Fsp3) is 0.350. The van der Waals surface area contributed by atoms with Crippen LogP contribution in [0.2, 0.25) is 0 Å². The third kappa shape index (κ3) is 2.18. The first-order chi connectivity index (χ1) is 12.5. The van der Waals surface area contributed by atoms with E-state index in [1.807, 2.05) is 35.0 Å². The Hall–Kier alpha value is -2.73. The predicted molar refractivity (Wildman–Crippen MR) is 95.7 cm³/mol. The number of rotatable bonds is 3. The van der Waals surface area contributed by atoms with Crippen molar-refractivity contribution in [2.24, 2.45) is 0 Å². The number of ether oxygens (including phenoxy) is 2. The van der Waals surface area contributed by atoms with Crippen LogP contribution in [-0.2, 0) is 11.3 Å². The molecule has 132 valence electrons. The normalized spacial score (nSPS) is 25.1. The van der Waals surface area contributed by atoms with E-state index in [0.717, 1.165) is 28.3 Å². The summed E-state index contributed by atoms with van der Waals surface area (Å²) in [6.07, 6.45) is 0.0552. The molecule has 0 N–H and O–H groups in total. The Morgan fingerprint density at radius 3 is 2.69 bits per heavy atom. The minimum Gasteiger partial charge on any atom is -0.484 e. The third-order valence-corrected chi connectivity index (χ3v) is 5.62. The SMILES string of the molecule is CC1(C)Oc2ccc(-c3nnnn3Cc3ccccc3)cc2C2OC21C. The molecule has 2 atom stereocenters. The second-order valence-electron chi connectivity index (χ2n) is 7.62. The maximum atomic E-state index is 6.19. The summed E-state index contributed by atoms with van der Waals surface area (Å²) in [7, 11) is 0. The summed E-state index contributed by atoms with van der Waals surface area (Å²) in [5.41, 5.74) is 2.56. The summed E-state index contributed by atoms with van der Waals surface area (Å²) in [6.45, 7) is 6.88. The van der Waals surface area contributed by atoms with Crippen molar-refractivity contribution in [3.05, 3.63) is 59.7 Å². The molecular formula is C20H20N4O2. The number of hydrogen-bond donors (Lipinski definition) is 0. The lowest BCUT2D eigenvalue weighted by atomic mass is 9.83. The molecule has 0 saturated carbocycles. The molecule has 3 heterocycles. The summed E-state index contributed by atoms with van der Waals surface area (Å²) >= 11 is 0. The van der Waals surface area contributed by atoms with Gasteiger partial charge in [0.05, 0.1) is 6.54 Å². The maximum absolute atomic E-state index is 6.19. The van der Waals surface area contributed by atoms with E-state index in [9.17, 15) is 0 Å². The Bertz CT molecular complexity index is 982. The highest BCUT2D eigenvalue weighted by atomic mass is 16.7. The van der Waals surface area contributed by atoms with Gasteiger partial charge >= 0.3 is 0 Å². The molecule has 1 aromatic heterocycles. The molecule has 6 nitrogen and oxygen atoms in total. The number of nitrogens with zero attached hydrogens (tertiary/aromatic N) is 4. The molecule has 0 aliphatic carbocycles. The maximum Gasteiger partial charge on any atom is 0.182 e. The second kappa shape index (κ2) is 5.14. The molecule has 6 heteroatoms. The van der Waals surface area contributed by atoms with Gasteiger partial charge < -0.3 is 9.47 Å². The topological polar surface area (TPSA) is 65.4 Å². The molecule has 2 unspecified atom stereocenters. The molecule has 0 spiro atoms. The quantitative estimate of drug-likeness (QED) is 0.679. The Kier molecular flexibility index (Phi) is 3.07. The van der Waals surface area contributed by atoms with Gasteiger partial charge in [-0.05, 0) is 55.0 Å². The van der Waals surface area contributed by atoms with Gasteiger partial charge in [0.15, 0.2) is 5.82 Å². The van der Waals surface area contributed by atoms with Crippen LogP contribution in [0.1, 0.15) is 38.0 Å². The summed E-state index contributed by atoms with van der Waals surface area (Å²) in [6, 6.07) is 16.3. The summed E-state index contributed by atoms with van der Waals surface area (Å²) < 4.78 is 14.0. The van der Waals surface area contributed by atoms with Crippen LogP contribution in [0.25, 0.3) is 11.4 Å². The summed E-state index contributed by atoms with van der Waals surface area (Å²) in [4.78, 5) is 0. The number of tetrazole rings is 1. The van der Waals surface area contributed by atoms with E-state index in [-0.39, 0.29) is 17.3 Å². The van der Waals surface area contributed by atoms with E-state index in [2.05, 4.69) is 54.5 Å². The molecule has 0 amide bonds. The number of epoxide rings is 1. The fourth-order valence-electron chi connectivity index (χ4n) is 3.66. The average Bonchev–Trinajstić information content (AvgIpc) is 3.14. The van der Waals surface area contributed by atoms with Crippen molar-refractivity contribution in [1.29, 1.82) is 0 Å². The van der Waals surface area contributed by atoms with Crippen molar-refractivity contribution < 1.29 is 9.47 Å². The number of benzene rings is 2. The lowest BCUT2D eigenvalue weighted by Crippen LogP contribution is -2.45. The van der Waals surface area contributed by atoms with Crippen molar-refractivity contribution in [1.82, 2.24) is 20.2 Å². The largest absolute Gasteiger partial charge is 0.484 e. The number of fused-ring (bicyclic) bond motifs is 3. The first kappa shape index (κ1) is 15.5. The van der Waals surface area contributed by atoms with Crippen molar-refractivity contribution in [2.75, 3.05) is 0 Å². The molecular weight excluding hydrogens is 328 g/mol. The van der Waals surface area contributed by atoms with Crippen molar-refractivity contribution in [3.8, 4) is 17.1 Å². The van der Waals surface area contributed by atoms with Gasteiger partial charge in [0.2, 0.25) is 0 Å². The molecule has 2 aliphatic rings. The number of hydrogen-bond acceptors (Lipinski definition) is 5. The van der Waals surface area contributed by atoms with Gasteiger partial charge in [-0.1, -0.05) is 30.3 Å². The van der Waals surface area contributed by atoms with Crippen LogP contribution in [-0.4, -0.2) is 31.4 Å². The number of aromatic nitrogens is 4. The molecule has 26 heavy (non-hydrogen) atoms. The van der Waals surface area contributed by atoms with Crippen LogP contribution in [0.3, 0.4) is 0 Å². The highest BCUT2D eigenvalue weighted by Crippen LogP contribution is 2.62. The molecule has 0 radical (unpaired) electrons. The Morgan fingerprint density at radius 1 is 1.08 bits per heavy atom. The van der Waals surface area contributed by atoms with Gasteiger partial charge in [-0.2, -0.15) is 0 Å². The summed E-state index contributed by atoms with van der Waals surface area (Å²) in [5, 5.41) is 12.3. The Morgan fingerprint density at radius 2 is 1.88 bits per heavy atom. The van der Waals surface area contributed by atoms with Crippen molar-refractivity contribution in [2.45, 2.75) is 44.6 Å². The zero-order chi connectivity index (χ0) is 17.9. The van der Waals surface area contributed by atoms with Gasteiger partial charge in [-0.15, -0.1) is 5.10 Å². The van der Waals surface area contributed by atoms with Crippen LogP contribution < -0.4 is 4.74 Å². The highest BCUT2D eigenvalue weighted by molar-refractivity contribution is 5.61. The van der Waals surface area contributed by atoms with Gasteiger partial charge in [0.25, 0.3) is 0 Å². The first-order valence-corrected chi connectivity index (χ1v) is 8.79. The fourth-order valence-corrected chi connectivity index (χ4v) is 3.66. The highest BCUT2D eigenvalue weighted by Gasteiger charge is 2.67. The lowest BCUT2D eigenvalue weighted by molar-refractivity contribution is 0.0242. The zero-order valence-electron chi connectivity index (χ0n) is 15.0. The molecule has 3 aromatic rings. The van der Waals surface area contributed by atoms with Gasteiger partial charge in [0.1, 0.15) is 23.1 Å². The van der Waals surface area contributed by atoms with Crippen LogP contribution >= 0.6 is 0 Å². The average molecular weight is 348 g/mol. The van der Waals surface area contributed by atoms with E-state index in [0.29, 0.717) is 6.54 Å². The molecule has 1 saturated heterocycles. The third-order valence-electron chi connectivity index (χ3n) is 5.62. The van der Waals surface area contributed by atoms with E-state index in [4.69, 9.17) is 9.47 Å². The summed E-state index contributed by atoms with van der Waals surface area (Å²) in [5.74, 6) is 1.62. The molecule has 0 bridgehead atoms. The van der Waals surface area contributed by atoms with E-state index in [1.54, 1.807) is 0 Å². The zero-order valence-corrected chi connectivity index (χ0v) is 15.0. The lowest BCUT2D eigenvalue weighted by Gasteiger charge is -2.35. The molecule has 5 rings (SSSR count). The van der Waals surface area contributed by atoms with E-state index >= 15 is 0 Å². The van der Waals surface area contributed by atoms with Gasteiger partial charge in [0, 0.05) is 11.1 Å². The van der Waals surface area contributed by atoms with Crippen molar-refractivity contribution >= 4 is 0 Å². The van der Waals surface area contributed by atoms with Crippen LogP contribution in [0, 0.1) is 0 Å². The van der Waals surface area contributed by atoms with Crippen molar-refractivity contribution in [3.63, 3.8) is 0 Å². The van der Waals surface area contributed by atoms with E-state index < -0.39 is 0 Å². The van der Waals surface area contributed by atoms with Crippen LogP contribution in [0.5, 0.6) is 5.75 Å². The minimum atomic E-state index is -0.346. The van der Waals surface area contributed by atoms with Crippen LogP contribution in [0.15, 0.2) is 48.5 Å². The molecule has 2 aliphatic heterocycles. The van der Waals surface area contributed by atoms with E-state index in [1.165, 1.54) is 0 Å². The van der Waals surface area contributed by atoms with Gasteiger partial charge in [-0.25, -0.2) is 4.68 Å². The Labute approximate surface area is 151 Å². The minimum absolute atomic E-state index is 0.0552. The monoisotopic (exact) mass is 348 g/mol. The predicted octanol–water partition coefficient (Wildman–Crippen LogP) is 3.39. The smallest absolute Gasteiger partial charge is 0.182 e. The second-order valence-corrected chi connectivity index (χ2v) is 7.62. The van der Waals surface area contributed by atoms with Gasteiger partial charge in [-0.3, -0.25) is 0 Å². The first-order valence-electron chi connectivity index (χ1n) is 8.79. The molecule has 1 fully saturated rings.